The van der Waals surface area contributed by atoms with Crippen LogP contribution in [0.15, 0.2) is 47.8 Å². The number of tetrazole rings is 1. The van der Waals surface area contributed by atoms with E-state index in [9.17, 15) is 4.79 Å². The van der Waals surface area contributed by atoms with Crippen molar-refractivity contribution in [2.24, 2.45) is 11.7 Å². The Bertz CT molecular complexity index is 871. The van der Waals surface area contributed by atoms with Crippen molar-refractivity contribution in [3.8, 4) is 0 Å². The van der Waals surface area contributed by atoms with Gasteiger partial charge < -0.3 is 5.73 Å². The molecule has 2 aromatic heterocycles. The van der Waals surface area contributed by atoms with Gasteiger partial charge in [0.15, 0.2) is 5.82 Å². The highest BCUT2D eigenvalue weighted by molar-refractivity contribution is 7.09. The van der Waals surface area contributed by atoms with Crippen molar-refractivity contribution in [3.05, 3.63) is 64.1 Å². The Morgan fingerprint density at radius 2 is 1.96 bits per heavy atom. The number of primary amides is 1. The number of carbonyl (C=O) groups excluding carboxylic acids is 1. The van der Waals surface area contributed by atoms with E-state index in [4.69, 9.17) is 5.73 Å². The fraction of sp³-hybridized carbons (Fsp3) is 0.368. The summed E-state index contributed by atoms with van der Waals surface area (Å²) >= 11 is 1.70. The lowest BCUT2D eigenvalue weighted by Gasteiger charge is -2.36. The SMILES string of the molecule is NC(=O)C1CCN(C(c2ccccc2)c2nnnn2Cc2cccs2)CC1. The van der Waals surface area contributed by atoms with Crippen LogP contribution in [0.4, 0.5) is 0 Å². The first-order valence-corrected chi connectivity index (χ1v) is 9.97. The normalized spacial score (nSPS) is 17.0. The van der Waals surface area contributed by atoms with E-state index in [2.05, 4.69) is 44.0 Å². The largest absolute Gasteiger partial charge is 0.369 e. The smallest absolute Gasteiger partial charge is 0.220 e. The number of hydrogen-bond acceptors (Lipinski definition) is 6. The number of benzene rings is 1. The van der Waals surface area contributed by atoms with Crippen LogP contribution in [0.3, 0.4) is 0 Å². The minimum Gasteiger partial charge on any atom is -0.369 e. The summed E-state index contributed by atoms with van der Waals surface area (Å²) in [6.45, 7) is 2.24. The van der Waals surface area contributed by atoms with Gasteiger partial charge in [-0.2, -0.15) is 0 Å². The summed E-state index contributed by atoms with van der Waals surface area (Å²) in [4.78, 5) is 15.1. The van der Waals surface area contributed by atoms with Gasteiger partial charge in [0.25, 0.3) is 0 Å². The van der Waals surface area contributed by atoms with E-state index >= 15 is 0 Å². The lowest BCUT2D eigenvalue weighted by molar-refractivity contribution is -0.123. The predicted octanol–water partition coefficient (Wildman–Crippen LogP) is 2.07. The molecule has 27 heavy (non-hydrogen) atoms. The molecule has 0 bridgehead atoms. The second-order valence-corrected chi connectivity index (χ2v) is 7.83. The first-order chi connectivity index (χ1) is 13.2. The predicted molar refractivity (Wildman–Crippen MR) is 103 cm³/mol. The van der Waals surface area contributed by atoms with Gasteiger partial charge in [0.1, 0.15) is 0 Å². The molecule has 8 heteroatoms. The minimum absolute atomic E-state index is 0.0419. The molecule has 140 valence electrons. The highest BCUT2D eigenvalue weighted by Gasteiger charge is 2.32. The number of nitrogens with two attached hydrogens (primary N) is 1. The van der Waals surface area contributed by atoms with Crippen molar-refractivity contribution < 1.29 is 4.79 Å². The van der Waals surface area contributed by atoms with Crippen molar-refractivity contribution in [1.29, 1.82) is 0 Å². The van der Waals surface area contributed by atoms with E-state index in [1.807, 2.05) is 28.9 Å². The Balaban J connectivity index is 1.64. The molecule has 1 saturated heterocycles. The zero-order chi connectivity index (χ0) is 18.6. The zero-order valence-corrected chi connectivity index (χ0v) is 15.8. The van der Waals surface area contributed by atoms with E-state index < -0.39 is 0 Å². The lowest BCUT2D eigenvalue weighted by atomic mass is 9.93. The van der Waals surface area contributed by atoms with Gasteiger partial charge in [0.05, 0.1) is 12.6 Å². The number of nitrogens with zero attached hydrogens (tertiary/aromatic N) is 5. The third kappa shape index (κ3) is 3.91. The van der Waals surface area contributed by atoms with Crippen LogP contribution in [-0.2, 0) is 11.3 Å². The summed E-state index contributed by atoms with van der Waals surface area (Å²) in [5.41, 5.74) is 6.65. The van der Waals surface area contributed by atoms with Crippen molar-refractivity contribution in [2.75, 3.05) is 13.1 Å². The molecule has 7 nitrogen and oxygen atoms in total. The summed E-state index contributed by atoms with van der Waals surface area (Å²) in [5, 5.41) is 14.6. The maximum absolute atomic E-state index is 11.5. The summed E-state index contributed by atoms with van der Waals surface area (Å²) < 4.78 is 1.88. The Morgan fingerprint density at radius 1 is 1.19 bits per heavy atom. The van der Waals surface area contributed by atoms with Gasteiger partial charge in [-0.25, -0.2) is 4.68 Å². The second-order valence-electron chi connectivity index (χ2n) is 6.80. The number of piperidine rings is 1. The Labute approximate surface area is 161 Å². The van der Waals surface area contributed by atoms with Crippen LogP contribution in [0.25, 0.3) is 0 Å². The van der Waals surface area contributed by atoms with E-state index in [-0.39, 0.29) is 17.9 Å². The average molecular weight is 382 g/mol. The van der Waals surface area contributed by atoms with Gasteiger partial charge in [0, 0.05) is 10.8 Å². The van der Waals surface area contributed by atoms with Crippen molar-refractivity contribution in [1.82, 2.24) is 25.1 Å². The number of amides is 1. The molecule has 4 rings (SSSR count). The first-order valence-electron chi connectivity index (χ1n) is 9.09. The Kier molecular flexibility index (Phi) is 5.26. The number of likely N-dealkylation sites (tertiary alicyclic amines) is 1. The molecule has 0 saturated carbocycles. The number of hydrogen-bond donors (Lipinski definition) is 1. The van der Waals surface area contributed by atoms with Gasteiger partial charge in [-0.1, -0.05) is 36.4 Å². The molecule has 1 unspecified atom stereocenters. The molecule has 2 N–H and O–H groups in total. The van der Waals surface area contributed by atoms with Crippen LogP contribution in [0, 0.1) is 5.92 Å². The number of aromatic nitrogens is 4. The van der Waals surface area contributed by atoms with Gasteiger partial charge >= 0.3 is 0 Å². The molecule has 1 aromatic carbocycles. The average Bonchev–Trinajstić information content (AvgIpc) is 3.36. The first kappa shape index (κ1) is 17.8. The van der Waals surface area contributed by atoms with Crippen LogP contribution in [0.1, 0.15) is 35.1 Å². The lowest BCUT2D eigenvalue weighted by Crippen LogP contribution is -2.41. The molecule has 1 atom stereocenters. The third-order valence-electron chi connectivity index (χ3n) is 5.10. The van der Waals surface area contributed by atoms with E-state index in [0.29, 0.717) is 6.54 Å². The number of rotatable bonds is 6. The van der Waals surface area contributed by atoms with Gasteiger partial charge in [-0.3, -0.25) is 9.69 Å². The zero-order valence-electron chi connectivity index (χ0n) is 14.9. The third-order valence-corrected chi connectivity index (χ3v) is 5.96. The van der Waals surface area contributed by atoms with Crippen LogP contribution in [-0.4, -0.2) is 44.1 Å². The van der Waals surface area contributed by atoms with Crippen LogP contribution < -0.4 is 5.73 Å². The topological polar surface area (TPSA) is 89.9 Å². The standard InChI is InChI=1S/C19H22N6OS/c20-18(26)15-8-10-24(11-9-15)17(14-5-2-1-3-6-14)19-21-22-23-25(19)13-16-7-4-12-27-16/h1-7,12,15,17H,8-11,13H2,(H2,20,26). The van der Waals surface area contributed by atoms with E-state index in [1.165, 1.54) is 4.88 Å². The number of carbonyl (C=O) groups is 1. The van der Waals surface area contributed by atoms with Crippen molar-refractivity contribution in [2.45, 2.75) is 25.4 Å². The Morgan fingerprint density at radius 3 is 2.63 bits per heavy atom. The Hall–Kier alpha value is -2.58. The fourth-order valence-electron chi connectivity index (χ4n) is 3.67. The molecule has 0 aliphatic carbocycles. The van der Waals surface area contributed by atoms with Gasteiger partial charge in [-0.15, -0.1) is 16.4 Å². The van der Waals surface area contributed by atoms with E-state index in [0.717, 1.165) is 37.3 Å². The minimum atomic E-state index is -0.201. The van der Waals surface area contributed by atoms with Crippen LogP contribution in [0.2, 0.25) is 0 Å². The molecule has 1 fully saturated rings. The quantitative estimate of drug-likeness (QED) is 0.705. The van der Waals surface area contributed by atoms with Crippen LogP contribution in [0.5, 0.6) is 0 Å². The van der Waals surface area contributed by atoms with Gasteiger partial charge in [0.2, 0.25) is 5.91 Å². The summed E-state index contributed by atoms with van der Waals surface area (Å²) in [7, 11) is 0. The summed E-state index contributed by atoms with van der Waals surface area (Å²) in [5.74, 6) is 0.584. The summed E-state index contributed by atoms with van der Waals surface area (Å²) in [6.07, 6.45) is 1.54. The molecule has 1 amide bonds. The highest BCUT2D eigenvalue weighted by atomic mass is 32.1. The monoisotopic (exact) mass is 382 g/mol. The summed E-state index contributed by atoms with van der Waals surface area (Å²) in [6, 6.07) is 14.4. The fourth-order valence-corrected chi connectivity index (χ4v) is 4.36. The maximum Gasteiger partial charge on any atom is 0.220 e. The van der Waals surface area contributed by atoms with Crippen LogP contribution >= 0.6 is 11.3 Å². The molecule has 3 heterocycles. The highest BCUT2D eigenvalue weighted by Crippen LogP contribution is 2.31. The van der Waals surface area contributed by atoms with E-state index in [1.54, 1.807) is 11.3 Å². The molecule has 0 spiro atoms. The van der Waals surface area contributed by atoms with Gasteiger partial charge in [-0.05, 0) is 53.4 Å². The maximum atomic E-state index is 11.5. The van der Waals surface area contributed by atoms with Crippen molar-refractivity contribution in [3.63, 3.8) is 0 Å². The molecule has 1 aliphatic rings. The molecular weight excluding hydrogens is 360 g/mol. The molecule has 3 aromatic rings. The molecular formula is C19H22N6OS. The molecule has 1 aliphatic heterocycles. The van der Waals surface area contributed by atoms with Crippen molar-refractivity contribution >= 4 is 17.2 Å². The molecule has 0 radical (unpaired) electrons. The number of thiophene rings is 1. The second kappa shape index (κ2) is 7.98.